The van der Waals surface area contributed by atoms with Crippen LogP contribution < -0.4 is 20.7 Å². The first kappa shape index (κ1) is 21.3. The topological polar surface area (TPSA) is 113 Å². The van der Waals surface area contributed by atoms with Gasteiger partial charge in [0, 0.05) is 38.8 Å². The van der Waals surface area contributed by atoms with E-state index in [1.54, 1.807) is 19.2 Å². The van der Waals surface area contributed by atoms with Crippen molar-refractivity contribution in [2.24, 2.45) is 0 Å². The fraction of sp³-hybridized carbons (Fsp3) is 0.350. The zero-order chi connectivity index (χ0) is 20.4. The summed E-state index contributed by atoms with van der Waals surface area (Å²) in [6.45, 7) is 2.78. The third-order valence-corrected chi connectivity index (χ3v) is 3.93. The summed E-state index contributed by atoms with van der Waals surface area (Å²) in [5.74, 6) is 0.951. The number of likely N-dealkylation sites (N-methyl/N-ethyl adjacent to an activating group) is 1. The van der Waals surface area contributed by atoms with Crippen LogP contribution in [0.3, 0.4) is 0 Å². The maximum atomic E-state index is 11.3. The minimum absolute atomic E-state index is 0.0311. The van der Waals surface area contributed by atoms with E-state index in [4.69, 9.17) is 4.74 Å². The number of amides is 2. The Morgan fingerprint density at radius 2 is 1.93 bits per heavy atom. The van der Waals surface area contributed by atoms with E-state index in [2.05, 4.69) is 20.9 Å². The number of pyridine rings is 1. The summed E-state index contributed by atoms with van der Waals surface area (Å²) in [5, 5.41) is 18.5. The fourth-order valence-electron chi connectivity index (χ4n) is 2.43. The van der Waals surface area contributed by atoms with Crippen molar-refractivity contribution < 1.29 is 19.4 Å². The smallest absolute Gasteiger partial charge is 0.224 e. The third kappa shape index (κ3) is 7.34. The van der Waals surface area contributed by atoms with Gasteiger partial charge >= 0.3 is 0 Å². The van der Waals surface area contributed by atoms with Gasteiger partial charge < -0.3 is 25.8 Å². The van der Waals surface area contributed by atoms with E-state index in [0.717, 1.165) is 11.3 Å². The minimum atomic E-state index is -0.706. The first-order valence-electron chi connectivity index (χ1n) is 9.02. The molecule has 0 aliphatic carbocycles. The maximum absolute atomic E-state index is 11.3. The van der Waals surface area contributed by atoms with Gasteiger partial charge in [-0.25, -0.2) is 4.98 Å². The molecular weight excluding hydrogens is 360 g/mol. The van der Waals surface area contributed by atoms with Crippen LogP contribution in [0.1, 0.15) is 24.2 Å². The molecule has 0 bridgehead atoms. The molecule has 0 saturated heterocycles. The number of nitrogens with zero attached hydrogens (tertiary/aromatic N) is 1. The van der Waals surface area contributed by atoms with Crippen molar-refractivity contribution in [3.63, 3.8) is 0 Å². The van der Waals surface area contributed by atoms with Gasteiger partial charge in [-0.15, -0.1) is 0 Å². The maximum Gasteiger partial charge on any atom is 0.224 e. The molecule has 2 amide bonds. The molecule has 8 heteroatoms. The van der Waals surface area contributed by atoms with Crippen LogP contribution in [-0.4, -0.2) is 48.6 Å². The first-order chi connectivity index (χ1) is 13.5. The van der Waals surface area contributed by atoms with Gasteiger partial charge in [-0.2, -0.15) is 0 Å². The zero-order valence-corrected chi connectivity index (χ0v) is 16.1. The molecule has 1 atom stereocenters. The molecule has 0 fully saturated rings. The number of ether oxygens (including phenoxy) is 1. The van der Waals surface area contributed by atoms with Gasteiger partial charge in [-0.05, 0) is 23.8 Å². The predicted molar refractivity (Wildman–Crippen MR) is 106 cm³/mol. The number of nitrogens with one attached hydrogen (secondary N) is 3. The van der Waals surface area contributed by atoms with Gasteiger partial charge in [0.2, 0.25) is 11.8 Å². The lowest BCUT2D eigenvalue weighted by Gasteiger charge is -2.13. The minimum Gasteiger partial charge on any atom is -0.492 e. The number of carbonyl (C=O) groups is 2. The molecule has 1 aromatic heterocycles. The van der Waals surface area contributed by atoms with Gasteiger partial charge in [0.05, 0.1) is 12.5 Å². The van der Waals surface area contributed by atoms with E-state index >= 15 is 0 Å². The molecular formula is C20H26N4O4. The summed E-state index contributed by atoms with van der Waals surface area (Å²) >= 11 is 0. The number of anilines is 1. The molecule has 1 aromatic carbocycles. The second-order valence-electron chi connectivity index (χ2n) is 6.22. The molecule has 0 aliphatic rings. The molecule has 0 radical (unpaired) electrons. The molecule has 2 aromatic rings. The summed E-state index contributed by atoms with van der Waals surface area (Å²) in [4.78, 5) is 26.4. The highest BCUT2D eigenvalue weighted by molar-refractivity contribution is 5.87. The number of aliphatic hydroxyl groups excluding tert-OH is 1. The number of hydrogen-bond donors (Lipinski definition) is 4. The van der Waals surface area contributed by atoms with Gasteiger partial charge in [-0.1, -0.05) is 18.2 Å². The summed E-state index contributed by atoms with van der Waals surface area (Å²) in [7, 11) is 1.61. The molecule has 2 rings (SSSR count). The highest BCUT2D eigenvalue weighted by atomic mass is 16.5. The van der Waals surface area contributed by atoms with Gasteiger partial charge in [0.1, 0.15) is 18.2 Å². The molecule has 1 heterocycles. The number of benzene rings is 1. The molecule has 28 heavy (non-hydrogen) atoms. The number of aliphatic hydroxyl groups is 1. The quantitative estimate of drug-likeness (QED) is 0.454. The zero-order valence-electron chi connectivity index (χ0n) is 16.1. The molecule has 4 N–H and O–H groups in total. The van der Waals surface area contributed by atoms with E-state index < -0.39 is 6.10 Å². The Kier molecular flexibility index (Phi) is 8.38. The van der Waals surface area contributed by atoms with E-state index in [1.807, 2.05) is 24.3 Å². The molecule has 150 valence electrons. The third-order valence-electron chi connectivity index (χ3n) is 3.93. The highest BCUT2D eigenvalue weighted by Crippen LogP contribution is 2.14. The van der Waals surface area contributed by atoms with Crippen molar-refractivity contribution in [1.82, 2.24) is 15.6 Å². The Labute approximate surface area is 164 Å². The number of carbonyl (C=O) groups excluding carboxylic acids is 2. The van der Waals surface area contributed by atoms with Crippen molar-refractivity contribution in [3.05, 3.63) is 53.7 Å². The van der Waals surface area contributed by atoms with Crippen LogP contribution >= 0.6 is 0 Å². The summed E-state index contributed by atoms with van der Waals surface area (Å²) in [5.41, 5.74) is 1.58. The second kappa shape index (κ2) is 11.0. The normalized spacial score (nSPS) is 11.5. The average molecular weight is 386 g/mol. The molecule has 8 nitrogen and oxygen atoms in total. The average Bonchev–Trinajstić information content (AvgIpc) is 2.68. The molecule has 0 aliphatic heterocycles. The Bertz CT molecular complexity index is 763. The van der Waals surface area contributed by atoms with Crippen LogP contribution in [0.15, 0.2) is 42.6 Å². The number of hydrogen-bond acceptors (Lipinski definition) is 6. The predicted octanol–water partition coefficient (Wildman–Crippen LogP) is 1.03. The lowest BCUT2D eigenvalue weighted by Crippen LogP contribution is -2.26. The monoisotopic (exact) mass is 386 g/mol. The largest absolute Gasteiger partial charge is 0.492 e. The molecule has 0 spiro atoms. The van der Waals surface area contributed by atoms with Crippen LogP contribution in [0.4, 0.5) is 5.82 Å². The van der Waals surface area contributed by atoms with Crippen LogP contribution in [0.5, 0.6) is 5.75 Å². The Morgan fingerprint density at radius 3 is 2.54 bits per heavy atom. The first-order valence-corrected chi connectivity index (χ1v) is 9.02. The SMILES string of the molecule is CNC(=O)Cc1ccc(OCCNC[C@@H](O)c2ccc(NC(C)=O)nc2)cc1. The van der Waals surface area contributed by atoms with E-state index in [9.17, 15) is 14.7 Å². The highest BCUT2D eigenvalue weighted by Gasteiger charge is 2.08. The standard InChI is InChI=1S/C20H26N4O4/c1-14(25)24-19-8-5-16(12-23-19)18(26)13-22-9-10-28-17-6-3-15(4-7-17)11-20(27)21-2/h3-8,12,18,22,26H,9-11,13H2,1-2H3,(H,21,27)(H,23,24,25)/t18-/m1/s1. The summed E-state index contributed by atoms with van der Waals surface area (Å²) in [6, 6.07) is 10.8. The van der Waals surface area contributed by atoms with E-state index in [0.29, 0.717) is 37.5 Å². The van der Waals surface area contributed by atoms with Gasteiger partial charge in [0.15, 0.2) is 0 Å². The van der Waals surface area contributed by atoms with Crippen molar-refractivity contribution in [2.75, 3.05) is 32.1 Å². The Morgan fingerprint density at radius 1 is 1.18 bits per heavy atom. The second-order valence-corrected chi connectivity index (χ2v) is 6.22. The number of rotatable bonds is 10. The van der Waals surface area contributed by atoms with Crippen LogP contribution in [0.2, 0.25) is 0 Å². The summed E-state index contributed by atoms with van der Waals surface area (Å²) < 4.78 is 5.64. The molecule has 0 saturated carbocycles. The van der Waals surface area contributed by atoms with Gasteiger partial charge in [0.25, 0.3) is 0 Å². The molecule has 0 unspecified atom stereocenters. The van der Waals surface area contributed by atoms with Crippen molar-refractivity contribution in [3.8, 4) is 5.75 Å². The van der Waals surface area contributed by atoms with Crippen LogP contribution in [0.25, 0.3) is 0 Å². The fourth-order valence-corrected chi connectivity index (χ4v) is 2.43. The van der Waals surface area contributed by atoms with Crippen LogP contribution in [0, 0.1) is 0 Å². The lowest BCUT2D eigenvalue weighted by molar-refractivity contribution is -0.120. The summed E-state index contributed by atoms with van der Waals surface area (Å²) in [6.07, 6.45) is 1.17. The lowest BCUT2D eigenvalue weighted by atomic mass is 10.1. The van der Waals surface area contributed by atoms with Gasteiger partial charge in [-0.3, -0.25) is 9.59 Å². The Balaban J connectivity index is 1.66. The van der Waals surface area contributed by atoms with Crippen molar-refractivity contribution in [1.29, 1.82) is 0 Å². The van der Waals surface area contributed by atoms with Crippen LogP contribution in [-0.2, 0) is 16.0 Å². The van der Waals surface area contributed by atoms with Crippen molar-refractivity contribution in [2.45, 2.75) is 19.4 Å². The van der Waals surface area contributed by atoms with E-state index in [-0.39, 0.29) is 11.8 Å². The van der Waals surface area contributed by atoms with Crippen molar-refractivity contribution >= 4 is 17.6 Å². The number of aromatic nitrogens is 1. The Hall–Kier alpha value is -2.97. The van der Waals surface area contributed by atoms with E-state index in [1.165, 1.54) is 13.1 Å².